The smallest absolute Gasteiger partial charge is 0.253 e. The van der Waals surface area contributed by atoms with Crippen molar-refractivity contribution < 1.29 is 4.79 Å². The van der Waals surface area contributed by atoms with E-state index in [9.17, 15) is 4.79 Å². The van der Waals surface area contributed by atoms with Gasteiger partial charge in [0.25, 0.3) is 5.91 Å². The van der Waals surface area contributed by atoms with Crippen molar-refractivity contribution >= 4 is 17.3 Å². The van der Waals surface area contributed by atoms with E-state index in [4.69, 9.17) is 0 Å². The Morgan fingerprint density at radius 2 is 1.67 bits per heavy atom. The van der Waals surface area contributed by atoms with Gasteiger partial charge in [-0.25, -0.2) is 9.67 Å². The van der Waals surface area contributed by atoms with Crippen LogP contribution in [0.15, 0.2) is 91.5 Å². The van der Waals surface area contributed by atoms with Crippen LogP contribution in [-0.2, 0) is 0 Å². The topological polar surface area (TPSA) is 63.1 Å². The molecule has 1 amide bonds. The lowest BCUT2D eigenvalue weighted by molar-refractivity contribution is 0.0940. The summed E-state index contributed by atoms with van der Waals surface area (Å²) in [6.07, 6.45) is 3.15. The van der Waals surface area contributed by atoms with Crippen LogP contribution in [0.3, 0.4) is 0 Å². The fourth-order valence-electron chi connectivity index (χ4n) is 3.36. The summed E-state index contributed by atoms with van der Waals surface area (Å²) in [4.78, 5) is 19.1. The normalized spacial score (nSPS) is 11.7. The molecule has 0 radical (unpaired) electrons. The van der Waals surface area contributed by atoms with Gasteiger partial charge in [0.2, 0.25) is 0 Å². The summed E-state index contributed by atoms with van der Waals surface area (Å²) >= 11 is 0. The largest absolute Gasteiger partial charge is 0.345 e. The van der Waals surface area contributed by atoms with Crippen molar-refractivity contribution in [2.24, 2.45) is 0 Å². The third-order valence-corrected chi connectivity index (χ3v) is 5.08. The first-order valence-electron chi connectivity index (χ1n) is 9.77. The van der Waals surface area contributed by atoms with Crippen LogP contribution in [-0.4, -0.2) is 27.7 Å². The van der Waals surface area contributed by atoms with Crippen molar-refractivity contribution in [1.29, 1.82) is 0 Å². The number of hydrogen-bond donors (Lipinski definition) is 1. The Kier molecular flexibility index (Phi) is 5.57. The minimum absolute atomic E-state index is 0.110. The summed E-state index contributed by atoms with van der Waals surface area (Å²) in [5.41, 5.74) is 4.45. The minimum atomic E-state index is -0.141. The average molecular weight is 397 g/mol. The number of carbonyl (C=O) groups is 1. The zero-order valence-corrected chi connectivity index (χ0v) is 16.9. The molecule has 0 spiro atoms. The predicted molar refractivity (Wildman–Crippen MR) is 118 cm³/mol. The third-order valence-electron chi connectivity index (χ3n) is 5.08. The summed E-state index contributed by atoms with van der Waals surface area (Å²) in [6.45, 7) is 1.98. The average Bonchev–Trinajstić information content (AvgIpc) is 3.34. The van der Waals surface area contributed by atoms with Crippen molar-refractivity contribution in [3.63, 3.8) is 0 Å². The molecule has 6 nitrogen and oxygen atoms in total. The first kappa shape index (κ1) is 19.4. The molecular weight excluding hydrogens is 374 g/mol. The molecule has 0 aliphatic heterocycles. The fourth-order valence-corrected chi connectivity index (χ4v) is 3.36. The monoisotopic (exact) mass is 397 g/mol. The Hall–Kier alpha value is -3.93. The molecule has 1 atom stereocenters. The zero-order chi connectivity index (χ0) is 20.9. The van der Waals surface area contributed by atoms with E-state index >= 15 is 0 Å². The van der Waals surface area contributed by atoms with Crippen LogP contribution in [0.2, 0.25) is 0 Å². The van der Waals surface area contributed by atoms with E-state index in [0.717, 1.165) is 22.6 Å². The molecule has 1 aromatic heterocycles. The van der Waals surface area contributed by atoms with Gasteiger partial charge < -0.3 is 10.2 Å². The summed E-state index contributed by atoms with van der Waals surface area (Å²) in [5, 5.41) is 7.24. The Balaban J connectivity index is 1.51. The van der Waals surface area contributed by atoms with Crippen molar-refractivity contribution in [3.05, 3.63) is 103 Å². The number of nitrogens with one attached hydrogen (secondary N) is 1. The van der Waals surface area contributed by atoms with Crippen LogP contribution in [0.4, 0.5) is 11.4 Å². The number of para-hydroxylation sites is 2. The van der Waals surface area contributed by atoms with E-state index in [0.29, 0.717) is 5.56 Å². The highest BCUT2D eigenvalue weighted by molar-refractivity contribution is 6.00. The number of amides is 1. The molecule has 0 aliphatic carbocycles. The van der Waals surface area contributed by atoms with Gasteiger partial charge in [-0.05, 0) is 48.9 Å². The minimum Gasteiger partial charge on any atom is -0.345 e. The van der Waals surface area contributed by atoms with Gasteiger partial charge in [0.15, 0.2) is 0 Å². The molecule has 3 aromatic carbocycles. The van der Waals surface area contributed by atoms with Crippen molar-refractivity contribution in [2.45, 2.75) is 13.0 Å². The highest BCUT2D eigenvalue weighted by Gasteiger charge is 2.17. The Bertz CT molecular complexity index is 1110. The molecule has 30 heavy (non-hydrogen) atoms. The highest BCUT2D eigenvalue weighted by atomic mass is 16.1. The second kappa shape index (κ2) is 8.61. The molecule has 6 heteroatoms. The summed E-state index contributed by atoms with van der Waals surface area (Å²) < 4.78 is 1.70. The van der Waals surface area contributed by atoms with E-state index in [1.54, 1.807) is 11.0 Å². The second-order valence-electron chi connectivity index (χ2n) is 7.04. The molecule has 4 aromatic rings. The fraction of sp³-hybridized carbons (Fsp3) is 0.125. The van der Waals surface area contributed by atoms with Gasteiger partial charge in [-0.1, -0.05) is 42.5 Å². The van der Waals surface area contributed by atoms with E-state index < -0.39 is 0 Å². The number of benzene rings is 3. The predicted octanol–water partition coefficient (Wildman–Crippen LogP) is 4.53. The van der Waals surface area contributed by atoms with Crippen LogP contribution in [0.1, 0.15) is 28.9 Å². The zero-order valence-electron chi connectivity index (χ0n) is 16.9. The highest BCUT2D eigenvalue weighted by Crippen LogP contribution is 2.27. The van der Waals surface area contributed by atoms with Crippen LogP contribution in [0.25, 0.3) is 5.69 Å². The molecule has 0 aliphatic rings. The SMILES string of the molecule is CC(NC(=O)c1ccccc1N(C)c1ccccc1)c1ccc(-n2cncn2)cc1. The Labute approximate surface area is 175 Å². The summed E-state index contributed by atoms with van der Waals surface area (Å²) in [5.74, 6) is -0.110. The van der Waals surface area contributed by atoms with Gasteiger partial charge in [-0.3, -0.25) is 4.79 Å². The first-order valence-corrected chi connectivity index (χ1v) is 9.77. The molecule has 4 rings (SSSR count). The van der Waals surface area contributed by atoms with Gasteiger partial charge in [-0.15, -0.1) is 0 Å². The molecular formula is C24H23N5O. The number of carbonyl (C=O) groups excluding carboxylic acids is 1. The summed E-state index contributed by atoms with van der Waals surface area (Å²) in [6, 6.07) is 25.4. The summed E-state index contributed by atoms with van der Waals surface area (Å²) in [7, 11) is 1.97. The van der Waals surface area contributed by atoms with E-state index in [1.165, 1.54) is 6.33 Å². The van der Waals surface area contributed by atoms with E-state index in [1.807, 2.05) is 97.7 Å². The lowest BCUT2D eigenvalue weighted by Crippen LogP contribution is -2.28. The second-order valence-corrected chi connectivity index (χ2v) is 7.04. The van der Waals surface area contributed by atoms with Crippen molar-refractivity contribution in [3.8, 4) is 5.69 Å². The van der Waals surface area contributed by atoms with E-state index in [2.05, 4.69) is 15.4 Å². The molecule has 0 bridgehead atoms. The molecule has 0 saturated carbocycles. The van der Waals surface area contributed by atoms with Gasteiger partial charge in [0.05, 0.1) is 23.0 Å². The van der Waals surface area contributed by atoms with Crippen LogP contribution >= 0.6 is 0 Å². The Morgan fingerprint density at radius 1 is 0.967 bits per heavy atom. The number of rotatable bonds is 6. The number of nitrogens with zero attached hydrogens (tertiary/aromatic N) is 4. The van der Waals surface area contributed by atoms with Crippen LogP contribution < -0.4 is 10.2 Å². The first-order chi connectivity index (χ1) is 14.6. The maximum Gasteiger partial charge on any atom is 0.253 e. The number of aromatic nitrogens is 3. The quantitative estimate of drug-likeness (QED) is 0.519. The van der Waals surface area contributed by atoms with Crippen LogP contribution in [0.5, 0.6) is 0 Å². The van der Waals surface area contributed by atoms with Crippen molar-refractivity contribution in [2.75, 3.05) is 11.9 Å². The standard InChI is InChI=1S/C24H23N5O/c1-18(19-12-14-21(15-13-19)29-17-25-16-26-29)27-24(30)22-10-6-7-11-23(22)28(2)20-8-4-3-5-9-20/h3-18H,1-2H3,(H,27,30). The van der Waals surface area contributed by atoms with Crippen molar-refractivity contribution in [1.82, 2.24) is 20.1 Å². The maximum absolute atomic E-state index is 13.1. The molecule has 0 saturated heterocycles. The van der Waals surface area contributed by atoms with Crippen LogP contribution in [0, 0.1) is 0 Å². The molecule has 150 valence electrons. The third kappa shape index (κ3) is 4.07. The van der Waals surface area contributed by atoms with Gasteiger partial charge >= 0.3 is 0 Å². The molecule has 1 heterocycles. The lowest BCUT2D eigenvalue weighted by Gasteiger charge is -2.23. The van der Waals surface area contributed by atoms with E-state index in [-0.39, 0.29) is 11.9 Å². The van der Waals surface area contributed by atoms with Gasteiger partial charge in [0, 0.05) is 12.7 Å². The molecule has 0 fully saturated rings. The van der Waals surface area contributed by atoms with Gasteiger partial charge in [-0.2, -0.15) is 5.10 Å². The maximum atomic E-state index is 13.1. The molecule has 1 N–H and O–H groups in total. The number of hydrogen-bond acceptors (Lipinski definition) is 4. The Morgan fingerprint density at radius 3 is 2.37 bits per heavy atom. The lowest BCUT2D eigenvalue weighted by atomic mass is 10.1. The number of anilines is 2. The van der Waals surface area contributed by atoms with Gasteiger partial charge in [0.1, 0.15) is 12.7 Å². The molecule has 1 unspecified atom stereocenters.